The van der Waals surface area contributed by atoms with Gasteiger partial charge < -0.3 is 5.73 Å². The van der Waals surface area contributed by atoms with Crippen LogP contribution in [0.4, 0.5) is 0 Å². The number of benzene rings is 1. The van der Waals surface area contributed by atoms with Crippen LogP contribution in [-0.2, 0) is 6.42 Å². The van der Waals surface area contributed by atoms with Crippen LogP contribution in [0.5, 0.6) is 0 Å². The zero-order valence-corrected chi connectivity index (χ0v) is 14.0. The SMILES string of the molecule is CCC(N)Cc1ccc(Sc2nc(C)cc(C)n2)cc1C. The minimum absolute atomic E-state index is 0.241. The molecule has 0 aliphatic carbocycles. The second-order valence-electron chi connectivity index (χ2n) is 5.50. The molecule has 0 amide bonds. The van der Waals surface area contributed by atoms with Crippen LogP contribution in [0, 0.1) is 20.8 Å². The maximum absolute atomic E-state index is 6.04. The molecule has 1 aromatic heterocycles. The van der Waals surface area contributed by atoms with E-state index in [2.05, 4.69) is 42.0 Å². The van der Waals surface area contributed by atoms with Crippen LogP contribution < -0.4 is 5.73 Å². The van der Waals surface area contributed by atoms with E-state index < -0.39 is 0 Å². The first-order chi connectivity index (χ1) is 9.97. The van der Waals surface area contributed by atoms with Crippen LogP contribution >= 0.6 is 11.8 Å². The van der Waals surface area contributed by atoms with Crippen LogP contribution in [0.1, 0.15) is 35.9 Å². The van der Waals surface area contributed by atoms with Gasteiger partial charge >= 0.3 is 0 Å². The lowest BCUT2D eigenvalue weighted by atomic mass is 10.0. The summed E-state index contributed by atoms with van der Waals surface area (Å²) in [5, 5.41) is 0.810. The Bertz CT molecular complexity index is 605. The third-order valence-electron chi connectivity index (χ3n) is 3.49. The van der Waals surface area contributed by atoms with Crippen molar-refractivity contribution in [1.82, 2.24) is 9.97 Å². The molecule has 0 aliphatic heterocycles. The molecule has 4 heteroatoms. The average Bonchev–Trinajstić information content (AvgIpc) is 2.40. The van der Waals surface area contributed by atoms with Gasteiger partial charge in [-0.25, -0.2) is 9.97 Å². The molecule has 2 aromatic rings. The van der Waals surface area contributed by atoms with Crippen molar-refractivity contribution in [3.63, 3.8) is 0 Å². The molecule has 0 saturated carbocycles. The molecule has 1 aromatic carbocycles. The fourth-order valence-electron chi connectivity index (χ4n) is 2.23. The highest BCUT2D eigenvalue weighted by Crippen LogP contribution is 2.27. The zero-order valence-electron chi connectivity index (χ0n) is 13.2. The van der Waals surface area contributed by atoms with Crippen LogP contribution in [0.3, 0.4) is 0 Å². The molecular weight excluding hydrogens is 278 g/mol. The van der Waals surface area contributed by atoms with Gasteiger partial charge in [0, 0.05) is 22.3 Å². The third-order valence-corrected chi connectivity index (χ3v) is 4.35. The van der Waals surface area contributed by atoms with E-state index in [1.165, 1.54) is 16.0 Å². The molecule has 0 bridgehead atoms. The van der Waals surface area contributed by atoms with Gasteiger partial charge in [0.2, 0.25) is 0 Å². The Morgan fingerprint density at radius 1 is 1.10 bits per heavy atom. The molecule has 3 nitrogen and oxygen atoms in total. The molecule has 2 rings (SSSR count). The fraction of sp³-hybridized carbons (Fsp3) is 0.412. The quantitative estimate of drug-likeness (QED) is 0.853. The first kappa shape index (κ1) is 16.0. The van der Waals surface area contributed by atoms with E-state index in [-0.39, 0.29) is 6.04 Å². The molecule has 0 fully saturated rings. The molecule has 0 spiro atoms. The lowest BCUT2D eigenvalue weighted by Gasteiger charge is -2.12. The number of aryl methyl sites for hydroxylation is 3. The number of nitrogens with zero attached hydrogens (tertiary/aromatic N) is 2. The van der Waals surface area contributed by atoms with Crippen molar-refractivity contribution in [2.45, 2.75) is 56.6 Å². The Balaban J connectivity index is 2.16. The van der Waals surface area contributed by atoms with E-state index in [9.17, 15) is 0 Å². The Kier molecular flexibility index (Phi) is 5.37. The molecule has 0 saturated heterocycles. The monoisotopic (exact) mass is 301 g/mol. The van der Waals surface area contributed by atoms with Crippen LogP contribution in [0.25, 0.3) is 0 Å². The minimum atomic E-state index is 0.241. The van der Waals surface area contributed by atoms with Crippen molar-refractivity contribution in [2.24, 2.45) is 5.73 Å². The van der Waals surface area contributed by atoms with Gasteiger partial charge in [-0.1, -0.05) is 13.0 Å². The minimum Gasteiger partial charge on any atom is -0.327 e. The molecule has 1 atom stereocenters. The van der Waals surface area contributed by atoms with Gasteiger partial charge in [0.25, 0.3) is 0 Å². The summed E-state index contributed by atoms with van der Waals surface area (Å²) in [6.07, 6.45) is 1.94. The topological polar surface area (TPSA) is 51.8 Å². The summed E-state index contributed by atoms with van der Waals surface area (Å²) >= 11 is 1.61. The van der Waals surface area contributed by atoms with Gasteiger partial charge in [0.05, 0.1) is 0 Å². The van der Waals surface area contributed by atoms with Crippen LogP contribution in [0.2, 0.25) is 0 Å². The van der Waals surface area contributed by atoms with Gasteiger partial charge in [-0.3, -0.25) is 0 Å². The van der Waals surface area contributed by atoms with Crippen molar-refractivity contribution in [1.29, 1.82) is 0 Å². The first-order valence-electron chi connectivity index (χ1n) is 7.33. The maximum Gasteiger partial charge on any atom is 0.192 e. The Hall–Kier alpha value is -1.39. The molecule has 1 heterocycles. The molecule has 2 N–H and O–H groups in total. The molecule has 21 heavy (non-hydrogen) atoms. The summed E-state index contributed by atoms with van der Waals surface area (Å²) in [7, 11) is 0. The summed E-state index contributed by atoms with van der Waals surface area (Å²) in [5.74, 6) is 0. The standard InChI is InChI=1S/C17H23N3S/c1-5-15(18)10-14-6-7-16(8-11(14)2)21-17-19-12(3)9-13(4)20-17/h6-9,15H,5,10,18H2,1-4H3. The highest BCUT2D eigenvalue weighted by Gasteiger charge is 2.07. The average molecular weight is 301 g/mol. The van der Waals surface area contributed by atoms with E-state index in [4.69, 9.17) is 5.73 Å². The zero-order chi connectivity index (χ0) is 15.4. The Morgan fingerprint density at radius 2 is 1.76 bits per heavy atom. The molecule has 112 valence electrons. The second kappa shape index (κ2) is 7.05. The largest absolute Gasteiger partial charge is 0.327 e. The van der Waals surface area contributed by atoms with Crippen molar-refractivity contribution in [3.8, 4) is 0 Å². The number of hydrogen-bond acceptors (Lipinski definition) is 4. The Morgan fingerprint density at radius 3 is 2.33 bits per heavy atom. The lowest BCUT2D eigenvalue weighted by molar-refractivity contribution is 0.644. The summed E-state index contributed by atoms with van der Waals surface area (Å²) in [4.78, 5) is 10.1. The van der Waals surface area contributed by atoms with E-state index in [1.807, 2.05) is 19.9 Å². The van der Waals surface area contributed by atoms with Crippen molar-refractivity contribution >= 4 is 11.8 Å². The summed E-state index contributed by atoms with van der Waals surface area (Å²) in [6, 6.07) is 8.74. The predicted molar refractivity (Wildman–Crippen MR) is 88.8 cm³/mol. The normalized spacial score (nSPS) is 12.4. The second-order valence-corrected chi connectivity index (χ2v) is 6.54. The van der Waals surface area contributed by atoms with Crippen LogP contribution in [0.15, 0.2) is 34.3 Å². The summed E-state index contributed by atoms with van der Waals surface area (Å²) in [5.41, 5.74) is 10.7. The van der Waals surface area contributed by atoms with E-state index in [1.54, 1.807) is 11.8 Å². The van der Waals surface area contributed by atoms with Gasteiger partial charge in [0.1, 0.15) is 0 Å². The maximum atomic E-state index is 6.04. The van der Waals surface area contributed by atoms with Crippen molar-refractivity contribution < 1.29 is 0 Å². The predicted octanol–water partition coefficient (Wildman–Crippen LogP) is 3.83. The number of hydrogen-bond donors (Lipinski definition) is 1. The first-order valence-corrected chi connectivity index (χ1v) is 8.15. The van der Waals surface area contributed by atoms with E-state index in [0.29, 0.717) is 0 Å². The number of nitrogens with two attached hydrogens (primary N) is 1. The third kappa shape index (κ3) is 4.55. The molecular formula is C17H23N3S. The van der Waals surface area contributed by atoms with Crippen molar-refractivity contribution in [2.75, 3.05) is 0 Å². The smallest absolute Gasteiger partial charge is 0.192 e. The van der Waals surface area contributed by atoms with Gasteiger partial charge in [0.15, 0.2) is 5.16 Å². The molecule has 0 radical (unpaired) electrons. The summed E-state index contributed by atoms with van der Waals surface area (Å²) < 4.78 is 0. The van der Waals surface area contributed by atoms with Crippen LogP contribution in [-0.4, -0.2) is 16.0 Å². The van der Waals surface area contributed by atoms with E-state index >= 15 is 0 Å². The molecule has 1 unspecified atom stereocenters. The van der Waals surface area contributed by atoms with Gasteiger partial charge in [-0.15, -0.1) is 0 Å². The van der Waals surface area contributed by atoms with Gasteiger partial charge in [-0.2, -0.15) is 0 Å². The van der Waals surface area contributed by atoms with Gasteiger partial charge in [-0.05, 0) is 74.7 Å². The number of rotatable bonds is 5. The lowest BCUT2D eigenvalue weighted by Crippen LogP contribution is -2.21. The fourth-order valence-corrected chi connectivity index (χ4v) is 3.19. The molecule has 0 aliphatic rings. The Labute approximate surface area is 131 Å². The highest BCUT2D eigenvalue weighted by molar-refractivity contribution is 7.99. The van der Waals surface area contributed by atoms with Crippen molar-refractivity contribution in [3.05, 3.63) is 46.8 Å². The highest BCUT2D eigenvalue weighted by atomic mass is 32.2. The van der Waals surface area contributed by atoms with E-state index in [0.717, 1.165) is 29.4 Å². The number of aromatic nitrogens is 2. The summed E-state index contributed by atoms with van der Waals surface area (Å²) in [6.45, 7) is 8.27.